The normalized spacial score (nSPS) is 10.8. The highest BCUT2D eigenvalue weighted by Gasteiger charge is 2.12. The summed E-state index contributed by atoms with van der Waals surface area (Å²) in [6, 6.07) is 19.1. The first-order valence-electron chi connectivity index (χ1n) is 8.98. The van der Waals surface area contributed by atoms with Gasteiger partial charge in [-0.25, -0.2) is 0 Å². The summed E-state index contributed by atoms with van der Waals surface area (Å²) in [6.07, 6.45) is 0. The van der Waals surface area contributed by atoms with Crippen molar-refractivity contribution in [2.24, 2.45) is 0 Å². The molecule has 2 heterocycles. The van der Waals surface area contributed by atoms with Gasteiger partial charge in [-0.3, -0.25) is 4.79 Å². The summed E-state index contributed by atoms with van der Waals surface area (Å²) in [5.41, 5.74) is 4.18. The lowest BCUT2D eigenvalue weighted by Crippen LogP contribution is -2.14. The number of aromatic nitrogens is 4. The number of fused-ring (bicyclic) bond motifs is 1. The fraction of sp³-hybridized carbons (Fsp3) is 0.143. The molecule has 0 aliphatic carbocycles. The zero-order chi connectivity index (χ0) is 20.2. The van der Waals surface area contributed by atoms with E-state index in [4.69, 9.17) is 4.74 Å². The molecule has 8 heteroatoms. The van der Waals surface area contributed by atoms with Crippen molar-refractivity contribution in [3.8, 4) is 17.0 Å². The first kappa shape index (κ1) is 18.9. The van der Waals surface area contributed by atoms with Crippen LogP contribution in [0, 0.1) is 6.92 Å². The maximum absolute atomic E-state index is 12.3. The second-order valence-electron chi connectivity index (χ2n) is 6.41. The Balaban J connectivity index is 1.51. The number of hydrogen-bond acceptors (Lipinski definition) is 6. The molecule has 0 radical (unpaired) electrons. The highest BCUT2D eigenvalue weighted by molar-refractivity contribution is 7.99. The topological polar surface area (TPSA) is 81.4 Å². The van der Waals surface area contributed by atoms with Gasteiger partial charge in [0.05, 0.1) is 18.6 Å². The lowest BCUT2D eigenvalue weighted by atomic mass is 10.1. The van der Waals surface area contributed by atoms with Gasteiger partial charge in [0.25, 0.3) is 0 Å². The van der Waals surface area contributed by atoms with E-state index in [2.05, 4.69) is 20.6 Å². The number of benzene rings is 2. The van der Waals surface area contributed by atoms with Crippen molar-refractivity contribution in [3.63, 3.8) is 0 Å². The standard InChI is InChI=1S/C21H19N5O2S/c1-14-5-3-7-16(11-14)22-20(27)13-29-21-24-23-19-10-9-18(25-26(19)21)15-6-4-8-17(12-15)28-2/h3-12H,13H2,1-2H3,(H,22,27). The van der Waals surface area contributed by atoms with Crippen LogP contribution in [0.5, 0.6) is 5.75 Å². The van der Waals surface area contributed by atoms with Crippen molar-refractivity contribution in [2.45, 2.75) is 12.1 Å². The van der Waals surface area contributed by atoms with E-state index in [-0.39, 0.29) is 11.7 Å². The second-order valence-corrected chi connectivity index (χ2v) is 7.35. The average molecular weight is 405 g/mol. The molecule has 1 N–H and O–H groups in total. The number of methoxy groups -OCH3 is 1. The van der Waals surface area contributed by atoms with Crippen molar-refractivity contribution in [2.75, 3.05) is 18.2 Å². The van der Waals surface area contributed by atoms with Crippen molar-refractivity contribution in [3.05, 3.63) is 66.2 Å². The Kier molecular flexibility index (Phi) is 5.44. The van der Waals surface area contributed by atoms with E-state index >= 15 is 0 Å². The van der Waals surface area contributed by atoms with Crippen LogP contribution in [0.2, 0.25) is 0 Å². The number of ether oxygens (including phenoxy) is 1. The summed E-state index contributed by atoms with van der Waals surface area (Å²) in [5.74, 6) is 0.858. The van der Waals surface area contributed by atoms with Crippen LogP contribution >= 0.6 is 11.8 Å². The summed E-state index contributed by atoms with van der Waals surface area (Å²) >= 11 is 1.29. The quantitative estimate of drug-likeness (QED) is 0.491. The number of thioether (sulfide) groups is 1. The van der Waals surface area contributed by atoms with E-state index in [9.17, 15) is 4.79 Å². The molecule has 4 rings (SSSR count). The van der Waals surface area contributed by atoms with Crippen LogP contribution in [0.4, 0.5) is 5.69 Å². The summed E-state index contributed by atoms with van der Waals surface area (Å²) in [7, 11) is 1.63. The van der Waals surface area contributed by atoms with Crippen LogP contribution in [-0.4, -0.2) is 38.6 Å². The third-order valence-corrected chi connectivity index (χ3v) is 5.15. The van der Waals surface area contributed by atoms with Gasteiger partial charge in [0.1, 0.15) is 5.75 Å². The van der Waals surface area contributed by atoms with Gasteiger partial charge >= 0.3 is 0 Å². The van der Waals surface area contributed by atoms with Crippen molar-refractivity contribution < 1.29 is 9.53 Å². The molecule has 0 aliphatic heterocycles. The minimum atomic E-state index is -0.110. The molecule has 2 aromatic heterocycles. The maximum Gasteiger partial charge on any atom is 0.234 e. The number of anilines is 1. The zero-order valence-electron chi connectivity index (χ0n) is 16.0. The van der Waals surface area contributed by atoms with Gasteiger partial charge in [-0.2, -0.15) is 9.61 Å². The molecular weight excluding hydrogens is 386 g/mol. The molecule has 0 aliphatic rings. The van der Waals surface area contributed by atoms with Gasteiger partial charge in [0, 0.05) is 11.3 Å². The Morgan fingerprint density at radius 1 is 1.10 bits per heavy atom. The van der Waals surface area contributed by atoms with Crippen LogP contribution in [-0.2, 0) is 4.79 Å². The minimum absolute atomic E-state index is 0.110. The van der Waals surface area contributed by atoms with Gasteiger partial charge in [-0.1, -0.05) is 36.0 Å². The molecule has 0 fully saturated rings. The van der Waals surface area contributed by atoms with E-state index in [0.29, 0.717) is 10.8 Å². The van der Waals surface area contributed by atoms with E-state index in [0.717, 1.165) is 28.3 Å². The lowest BCUT2D eigenvalue weighted by molar-refractivity contribution is -0.113. The van der Waals surface area contributed by atoms with Gasteiger partial charge in [0.2, 0.25) is 11.1 Å². The average Bonchev–Trinajstić information content (AvgIpc) is 3.14. The van der Waals surface area contributed by atoms with Crippen molar-refractivity contribution in [1.29, 1.82) is 0 Å². The van der Waals surface area contributed by atoms with Crippen LogP contribution in [0.15, 0.2) is 65.8 Å². The number of carbonyl (C=O) groups excluding carboxylic acids is 1. The zero-order valence-corrected chi connectivity index (χ0v) is 16.8. The number of nitrogens with one attached hydrogen (secondary N) is 1. The molecule has 1 amide bonds. The lowest BCUT2D eigenvalue weighted by Gasteiger charge is -2.06. The molecule has 0 unspecified atom stereocenters. The summed E-state index contributed by atoms with van der Waals surface area (Å²) < 4.78 is 6.94. The monoisotopic (exact) mass is 405 g/mol. The molecule has 0 bridgehead atoms. The van der Waals surface area contributed by atoms with Crippen molar-refractivity contribution in [1.82, 2.24) is 19.8 Å². The number of carbonyl (C=O) groups is 1. The fourth-order valence-corrected chi connectivity index (χ4v) is 3.53. The molecule has 0 atom stereocenters. The maximum atomic E-state index is 12.3. The third kappa shape index (κ3) is 4.38. The number of nitrogens with zero attached hydrogens (tertiary/aromatic N) is 4. The molecule has 0 spiro atoms. The largest absolute Gasteiger partial charge is 0.497 e. The van der Waals surface area contributed by atoms with Crippen LogP contribution in [0.1, 0.15) is 5.56 Å². The van der Waals surface area contributed by atoms with E-state index < -0.39 is 0 Å². The van der Waals surface area contributed by atoms with Crippen LogP contribution < -0.4 is 10.1 Å². The van der Waals surface area contributed by atoms with Gasteiger partial charge in [0.15, 0.2) is 5.65 Å². The minimum Gasteiger partial charge on any atom is -0.497 e. The summed E-state index contributed by atoms with van der Waals surface area (Å²) in [6.45, 7) is 1.98. The van der Waals surface area contributed by atoms with Crippen LogP contribution in [0.3, 0.4) is 0 Å². The van der Waals surface area contributed by atoms with Crippen molar-refractivity contribution >= 4 is 29.0 Å². The molecule has 0 saturated carbocycles. The fourth-order valence-electron chi connectivity index (χ4n) is 2.85. The molecule has 2 aromatic carbocycles. The Labute approximate surface area is 172 Å². The first-order valence-corrected chi connectivity index (χ1v) is 9.97. The summed E-state index contributed by atoms with van der Waals surface area (Å²) in [4.78, 5) is 12.3. The number of rotatable bonds is 6. The molecule has 4 aromatic rings. The molecule has 7 nitrogen and oxygen atoms in total. The number of hydrogen-bond donors (Lipinski definition) is 1. The van der Waals surface area contributed by atoms with E-state index in [1.807, 2.05) is 67.6 Å². The molecule has 29 heavy (non-hydrogen) atoms. The second kappa shape index (κ2) is 8.32. The third-order valence-electron chi connectivity index (χ3n) is 4.23. The van der Waals surface area contributed by atoms with Gasteiger partial charge < -0.3 is 10.1 Å². The van der Waals surface area contributed by atoms with Crippen LogP contribution in [0.25, 0.3) is 16.9 Å². The van der Waals surface area contributed by atoms with Gasteiger partial charge in [-0.15, -0.1) is 10.2 Å². The Morgan fingerprint density at radius 3 is 2.79 bits per heavy atom. The first-order chi connectivity index (χ1) is 14.1. The highest BCUT2D eigenvalue weighted by Crippen LogP contribution is 2.24. The Morgan fingerprint density at radius 2 is 1.97 bits per heavy atom. The van der Waals surface area contributed by atoms with E-state index in [1.54, 1.807) is 11.6 Å². The smallest absolute Gasteiger partial charge is 0.234 e. The Hall–Kier alpha value is -3.39. The number of amides is 1. The predicted octanol–water partition coefficient (Wildman–Crippen LogP) is 3.84. The van der Waals surface area contributed by atoms with Gasteiger partial charge in [-0.05, 0) is 48.9 Å². The predicted molar refractivity (Wildman–Crippen MR) is 113 cm³/mol. The molecule has 0 saturated heterocycles. The summed E-state index contributed by atoms with van der Waals surface area (Å²) in [5, 5.41) is 16.4. The number of aryl methyl sites for hydroxylation is 1. The SMILES string of the molecule is COc1cccc(-c2ccc3nnc(SCC(=O)Nc4cccc(C)c4)n3n2)c1. The highest BCUT2D eigenvalue weighted by atomic mass is 32.2. The molecular formula is C21H19N5O2S. The molecule has 146 valence electrons. The Bertz CT molecular complexity index is 1170. The van der Waals surface area contributed by atoms with E-state index in [1.165, 1.54) is 11.8 Å².